The first-order valence-corrected chi connectivity index (χ1v) is 5.39. The van der Waals surface area contributed by atoms with E-state index in [1.807, 2.05) is 13.8 Å². The van der Waals surface area contributed by atoms with E-state index in [-0.39, 0.29) is 17.7 Å². The van der Waals surface area contributed by atoms with Gasteiger partial charge in [-0.05, 0) is 42.5 Å². The molecule has 2 nitrogen and oxygen atoms in total. The van der Waals surface area contributed by atoms with Gasteiger partial charge in [0, 0.05) is 0 Å². The van der Waals surface area contributed by atoms with Crippen LogP contribution in [0.25, 0.3) is 0 Å². The molecule has 2 atom stereocenters. The van der Waals surface area contributed by atoms with E-state index in [1.165, 1.54) is 12.1 Å². The van der Waals surface area contributed by atoms with Crippen LogP contribution in [-0.2, 0) is 11.2 Å². The van der Waals surface area contributed by atoms with Crippen LogP contribution in [0.3, 0.4) is 0 Å². The zero-order chi connectivity index (χ0) is 12.3. The van der Waals surface area contributed by atoms with Crippen LogP contribution in [0.4, 0.5) is 4.39 Å². The van der Waals surface area contributed by atoms with Crippen molar-refractivity contribution >= 4 is 5.97 Å². The number of halogens is 1. The van der Waals surface area contributed by atoms with Crippen LogP contribution < -0.4 is 0 Å². The average molecular weight is 224 g/mol. The van der Waals surface area contributed by atoms with Gasteiger partial charge >= 0.3 is 5.97 Å². The first kappa shape index (κ1) is 12.7. The van der Waals surface area contributed by atoms with Gasteiger partial charge in [-0.2, -0.15) is 0 Å². The first-order chi connectivity index (χ1) is 7.41. The molecule has 0 aromatic heterocycles. The normalized spacial score (nSPS) is 14.5. The molecule has 1 rings (SSSR count). The average Bonchev–Trinajstić information content (AvgIpc) is 2.20. The third-order valence-electron chi connectivity index (χ3n) is 3.09. The van der Waals surface area contributed by atoms with Crippen LogP contribution in [0.15, 0.2) is 18.2 Å². The molecule has 0 saturated heterocycles. The molecule has 16 heavy (non-hydrogen) atoms. The van der Waals surface area contributed by atoms with E-state index in [0.717, 1.165) is 11.1 Å². The maximum absolute atomic E-state index is 12.9. The van der Waals surface area contributed by atoms with E-state index >= 15 is 0 Å². The fourth-order valence-corrected chi connectivity index (χ4v) is 1.66. The lowest BCUT2D eigenvalue weighted by atomic mass is 9.88. The van der Waals surface area contributed by atoms with Gasteiger partial charge in [0.25, 0.3) is 0 Å². The second-order valence-electron chi connectivity index (χ2n) is 4.38. The molecule has 0 heterocycles. The highest BCUT2D eigenvalue weighted by atomic mass is 19.1. The van der Waals surface area contributed by atoms with E-state index in [9.17, 15) is 9.18 Å². The Morgan fingerprint density at radius 3 is 2.56 bits per heavy atom. The fourth-order valence-electron chi connectivity index (χ4n) is 1.66. The van der Waals surface area contributed by atoms with Crippen molar-refractivity contribution in [3.8, 4) is 0 Å². The van der Waals surface area contributed by atoms with Crippen molar-refractivity contribution in [3.05, 3.63) is 35.1 Å². The lowest BCUT2D eigenvalue weighted by molar-refractivity contribution is -0.142. The van der Waals surface area contributed by atoms with Crippen LogP contribution in [0.5, 0.6) is 0 Å². The molecule has 2 unspecified atom stereocenters. The molecule has 0 aliphatic carbocycles. The molecule has 0 fully saturated rings. The number of hydrogen-bond acceptors (Lipinski definition) is 1. The summed E-state index contributed by atoms with van der Waals surface area (Å²) in [6.07, 6.45) is 0.666. The number of hydrogen-bond donors (Lipinski definition) is 1. The van der Waals surface area contributed by atoms with E-state index in [4.69, 9.17) is 5.11 Å². The smallest absolute Gasteiger partial charge is 0.306 e. The van der Waals surface area contributed by atoms with Crippen molar-refractivity contribution in [1.82, 2.24) is 0 Å². The van der Waals surface area contributed by atoms with Crippen molar-refractivity contribution in [1.29, 1.82) is 0 Å². The Morgan fingerprint density at radius 2 is 2.06 bits per heavy atom. The molecular weight excluding hydrogens is 207 g/mol. The molecule has 1 aromatic carbocycles. The van der Waals surface area contributed by atoms with E-state index in [1.54, 1.807) is 13.0 Å². The lowest BCUT2D eigenvalue weighted by Crippen LogP contribution is -2.20. The van der Waals surface area contributed by atoms with Crippen molar-refractivity contribution in [2.75, 3.05) is 0 Å². The molecule has 1 aromatic rings. The van der Waals surface area contributed by atoms with Crippen LogP contribution in [0.2, 0.25) is 0 Å². The molecule has 0 saturated carbocycles. The van der Waals surface area contributed by atoms with Gasteiger partial charge in [0.1, 0.15) is 5.82 Å². The lowest BCUT2D eigenvalue weighted by Gasteiger charge is -2.17. The predicted octanol–water partition coefficient (Wildman–Crippen LogP) is 3.03. The third-order valence-corrected chi connectivity index (χ3v) is 3.09. The fraction of sp³-hybridized carbons (Fsp3) is 0.462. The summed E-state index contributed by atoms with van der Waals surface area (Å²) in [6.45, 7) is 5.45. The van der Waals surface area contributed by atoms with Gasteiger partial charge < -0.3 is 5.11 Å². The van der Waals surface area contributed by atoms with E-state index < -0.39 is 5.97 Å². The quantitative estimate of drug-likeness (QED) is 0.853. The molecule has 3 heteroatoms. The molecule has 1 N–H and O–H groups in total. The van der Waals surface area contributed by atoms with E-state index in [2.05, 4.69) is 0 Å². The van der Waals surface area contributed by atoms with Gasteiger partial charge in [0.15, 0.2) is 0 Å². The zero-order valence-electron chi connectivity index (χ0n) is 9.83. The first-order valence-electron chi connectivity index (χ1n) is 5.39. The summed E-state index contributed by atoms with van der Waals surface area (Å²) in [6, 6.07) is 4.63. The van der Waals surface area contributed by atoms with Crippen LogP contribution in [0.1, 0.15) is 25.0 Å². The zero-order valence-corrected chi connectivity index (χ0v) is 9.83. The number of benzene rings is 1. The largest absolute Gasteiger partial charge is 0.481 e. The summed E-state index contributed by atoms with van der Waals surface area (Å²) in [5, 5.41) is 8.88. The second-order valence-corrected chi connectivity index (χ2v) is 4.38. The Balaban J connectivity index is 2.77. The minimum absolute atomic E-state index is 0.0432. The highest BCUT2D eigenvalue weighted by Crippen LogP contribution is 2.20. The number of aryl methyl sites for hydroxylation is 1. The topological polar surface area (TPSA) is 37.3 Å². The Labute approximate surface area is 95.1 Å². The highest BCUT2D eigenvalue weighted by Gasteiger charge is 2.20. The van der Waals surface area contributed by atoms with Crippen LogP contribution in [0, 0.1) is 24.6 Å². The maximum Gasteiger partial charge on any atom is 0.306 e. The van der Waals surface area contributed by atoms with Crippen LogP contribution in [-0.4, -0.2) is 11.1 Å². The monoisotopic (exact) mass is 224 g/mol. The van der Waals surface area contributed by atoms with Gasteiger partial charge in [0.2, 0.25) is 0 Å². The van der Waals surface area contributed by atoms with Gasteiger partial charge in [-0.25, -0.2) is 4.39 Å². The Hall–Kier alpha value is -1.38. The van der Waals surface area contributed by atoms with Crippen molar-refractivity contribution in [2.45, 2.75) is 27.2 Å². The van der Waals surface area contributed by atoms with Gasteiger partial charge in [0.05, 0.1) is 5.92 Å². The summed E-state index contributed by atoms with van der Waals surface area (Å²) in [7, 11) is 0. The van der Waals surface area contributed by atoms with Crippen molar-refractivity contribution < 1.29 is 14.3 Å². The highest BCUT2D eigenvalue weighted by molar-refractivity contribution is 5.69. The molecule has 88 valence electrons. The number of carboxylic acid groups (broad SMARTS) is 1. The molecular formula is C13H17FO2. The molecule has 0 aliphatic rings. The summed E-state index contributed by atoms with van der Waals surface area (Å²) in [4.78, 5) is 10.8. The standard InChI is InChI=1S/C13H17FO2/c1-8(10(3)13(15)16)6-11-4-5-12(14)7-9(11)2/h4-5,7-8,10H,6H2,1-3H3,(H,15,16). The number of carboxylic acids is 1. The molecule has 0 aliphatic heterocycles. The van der Waals surface area contributed by atoms with Crippen LogP contribution >= 0.6 is 0 Å². The number of carbonyl (C=O) groups is 1. The van der Waals surface area contributed by atoms with Crippen molar-refractivity contribution in [2.24, 2.45) is 11.8 Å². The summed E-state index contributed by atoms with van der Waals surface area (Å²) in [5.41, 5.74) is 1.89. The Kier molecular flexibility index (Phi) is 4.05. The Morgan fingerprint density at radius 1 is 1.44 bits per heavy atom. The van der Waals surface area contributed by atoms with Gasteiger partial charge in [-0.1, -0.05) is 19.9 Å². The minimum Gasteiger partial charge on any atom is -0.481 e. The van der Waals surface area contributed by atoms with Crippen molar-refractivity contribution in [3.63, 3.8) is 0 Å². The molecule has 0 spiro atoms. The summed E-state index contributed by atoms with van der Waals surface area (Å²) < 4.78 is 12.9. The maximum atomic E-state index is 12.9. The predicted molar refractivity (Wildman–Crippen MR) is 60.8 cm³/mol. The second kappa shape index (κ2) is 5.10. The van der Waals surface area contributed by atoms with Gasteiger partial charge in [-0.15, -0.1) is 0 Å². The van der Waals surface area contributed by atoms with E-state index in [0.29, 0.717) is 6.42 Å². The minimum atomic E-state index is -0.785. The molecule has 0 amide bonds. The van der Waals surface area contributed by atoms with Gasteiger partial charge in [-0.3, -0.25) is 4.79 Å². The third kappa shape index (κ3) is 3.05. The molecule has 0 bridgehead atoms. The SMILES string of the molecule is Cc1cc(F)ccc1CC(C)C(C)C(=O)O. The number of rotatable bonds is 4. The summed E-state index contributed by atoms with van der Waals surface area (Å²) >= 11 is 0. The summed E-state index contributed by atoms with van der Waals surface area (Å²) in [5.74, 6) is -1.38. The Bertz CT molecular complexity index is 388. The number of aliphatic carboxylic acids is 1. The molecule has 0 radical (unpaired) electrons.